The van der Waals surface area contributed by atoms with E-state index in [0.717, 1.165) is 41.9 Å². The lowest BCUT2D eigenvalue weighted by atomic mass is 9.93. The van der Waals surface area contributed by atoms with E-state index in [1.54, 1.807) is 0 Å². The van der Waals surface area contributed by atoms with Crippen molar-refractivity contribution in [3.63, 3.8) is 0 Å². The molecule has 2 aromatic carbocycles. The minimum Gasteiger partial charge on any atom is -0.341 e. The molecule has 3 rings (SSSR count). The highest BCUT2D eigenvalue weighted by Gasteiger charge is 2.22. The number of benzene rings is 2. The van der Waals surface area contributed by atoms with Gasteiger partial charge in [-0.25, -0.2) is 0 Å². The highest BCUT2D eigenvalue weighted by Crippen LogP contribution is 2.35. The molecule has 124 valence electrons. The van der Waals surface area contributed by atoms with Crippen LogP contribution in [0.4, 0.5) is 11.4 Å². The summed E-state index contributed by atoms with van der Waals surface area (Å²) < 4.78 is 0. The van der Waals surface area contributed by atoms with Gasteiger partial charge in [0.15, 0.2) is 11.6 Å². The minimum absolute atomic E-state index is 0.0800. The molecule has 1 aliphatic rings. The fourth-order valence-electron chi connectivity index (χ4n) is 3.25. The normalized spacial score (nSPS) is 13.5. The summed E-state index contributed by atoms with van der Waals surface area (Å²) in [4.78, 5) is 26.2. The second kappa shape index (κ2) is 7.31. The van der Waals surface area contributed by atoms with Crippen LogP contribution in [0.2, 0.25) is 0 Å². The van der Waals surface area contributed by atoms with Gasteiger partial charge in [-0.15, -0.1) is 0 Å². The Kier molecular flexibility index (Phi) is 5.14. The van der Waals surface area contributed by atoms with Crippen molar-refractivity contribution in [2.75, 3.05) is 16.8 Å². The summed E-state index contributed by atoms with van der Waals surface area (Å²) in [6.07, 6.45) is 2.48. The number of fused-ring (bicyclic) bond motifs is 1. The molecule has 0 bridgehead atoms. The Hall–Kier alpha value is -1.94. The first kappa shape index (κ1) is 16.9. The smallest absolute Gasteiger partial charge is 0.173 e. The van der Waals surface area contributed by atoms with Crippen LogP contribution < -0.4 is 4.90 Å². The van der Waals surface area contributed by atoms with Crippen LogP contribution in [0.5, 0.6) is 0 Å². The molecular weight excluding hydrogens is 366 g/mol. The van der Waals surface area contributed by atoms with Crippen LogP contribution in [-0.2, 0) is 6.42 Å². The third kappa shape index (κ3) is 3.16. The van der Waals surface area contributed by atoms with Gasteiger partial charge in [-0.2, -0.15) is 0 Å². The predicted molar refractivity (Wildman–Crippen MR) is 101 cm³/mol. The maximum atomic E-state index is 12.2. The second-order valence-electron chi connectivity index (χ2n) is 5.94. The van der Waals surface area contributed by atoms with Crippen molar-refractivity contribution in [2.24, 2.45) is 0 Å². The first-order chi connectivity index (χ1) is 11.7. The molecule has 0 N–H and O–H groups in total. The zero-order valence-corrected chi connectivity index (χ0v) is 15.3. The number of carbonyl (C=O) groups is 2. The van der Waals surface area contributed by atoms with E-state index < -0.39 is 0 Å². The molecule has 3 nitrogen and oxygen atoms in total. The van der Waals surface area contributed by atoms with E-state index in [1.807, 2.05) is 43.3 Å². The van der Waals surface area contributed by atoms with Crippen LogP contribution >= 0.6 is 15.9 Å². The molecule has 4 heteroatoms. The van der Waals surface area contributed by atoms with E-state index in [9.17, 15) is 9.59 Å². The van der Waals surface area contributed by atoms with E-state index in [-0.39, 0.29) is 11.6 Å². The summed E-state index contributed by atoms with van der Waals surface area (Å²) in [5.41, 5.74) is 4.88. The van der Waals surface area contributed by atoms with Crippen LogP contribution in [0, 0.1) is 0 Å². The maximum absolute atomic E-state index is 12.2. The van der Waals surface area contributed by atoms with Gasteiger partial charge in [0.2, 0.25) is 0 Å². The van der Waals surface area contributed by atoms with Crippen LogP contribution in [0.25, 0.3) is 0 Å². The molecule has 1 aliphatic heterocycles. The van der Waals surface area contributed by atoms with E-state index in [1.165, 1.54) is 0 Å². The summed E-state index contributed by atoms with van der Waals surface area (Å²) in [6, 6.07) is 13.7. The van der Waals surface area contributed by atoms with Gasteiger partial charge in [0.25, 0.3) is 0 Å². The molecule has 24 heavy (non-hydrogen) atoms. The summed E-state index contributed by atoms with van der Waals surface area (Å²) in [7, 11) is 0. The fourth-order valence-corrected chi connectivity index (χ4v) is 3.57. The zero-order valence-electron chi connectivity index (χ0n) is 13.7. The first-order valence-electron chi connectivity index (χ1n) is 8.27. The molecule has 0 fully saturated rings. The highest BCUT2D eigenvalue weighted by molar-refractivity contribution is 9.09. The lowest BCUT2D eigenvalue weighted by Gasteiger charge is -2.32. The van der Waals surface area contributed by atoms with Gasteiger partial charge >= 0.3 is 0 Å². The van der Waals surface area contributed by atoms with Crippen LogP contribution in [-0.4, -0.2) is 23.4 Å². The number of carbonyl (C=O) groups excluding carboxylic acids is 2. The van der Waals surface area contributed by atoms with Crippen molar-refractivity contribution in [1.29, 1.82) is 0 Å². The topological polar surface area (TPSA) is 37.4 Å². The lowest BCUT2D eigenvalue weighted by Crippen LogP contribution is -2.26. The number of rotatable bonds is 5. The molecule has 0 radical (unpaired) electrons. The molecule has 0 amide bonds. The molecule has 0 atom stereocenters. The molecule has 0 aromatic heterocycles. The average molecular weight is 386 g/mol. The predicted octanol–water partition coefficient (Wildman–Crippen LogP) is 4.94. The third-order valence-corrected chi connectivity index (χ3v) is 5.00. The van der Waals surface area contributed by atoms with Crippen LogP contribution in [0.1, 0.15) is 46.0 Å². The number of hydrogen-bond donors (Lipinski definition) is 0. The maximum Gasteiger partial charge on any atom is 0.173 e. The summed E-state index contributed by atoms with van der Waals surface area (Å²) >= 11 is 3.20. The van der Waals surface area contributed by atoms with Crippen LogP contribution in [0.3, 0.4) is 0 Å². The van der Waals surface area contributed by atoms with Crippen molar-refractivity contribution in [2.45, 2.75) is 26.2 Å². The fraction of sp³-hybridized carbons (Fsp3) is 0.300. The Morgan fingerprint density at radius 2 is 1.83 bits per heavy atom. The van der Waals surface area contributed by atoms with Crippen LogP contribution in [0.15, 0.2) is 42.5 Å². The van der Waals surface area contributed by atoms with Gasteiger partial charge in [-0.1, -0.05) is 35.0 Å². The van der Waals surface area contributed by atoms with Gasteiger partial charge in [0.05, 0.1) is 5.33 Å². The van der Waals surface area contributed by atoms with E-state index in [2.05, 4.69) is 26.9 Å². The molecular formula is C20H20BrNO2. The zero-order chi connectivity index (χ0) is 17.1. The Balaban J connectivity index is 1.98. The van der Waals surface area contributed by atoms with E-state index in [0.29, 0.717) is 17.3 Å². The summed E-state index contributed by atoms with van der Waals surface area (Å²) in [5.74, 6) is 0.281. The van der Waals surface area contributed by atoms with Gasteiger partial charge in [0, 0.05) is 35.5 Å². The quantitative estimate of drug-likeness (QED) is 0.540. The van der Waals surface area contributed by atoms with Gasteiger partial charge in [-0.3, -0.25) is 9.59 Å². The standard InChI is InChI=1S/C20H20BrNO2/c1-2-19(23)17-5-3-7-18-16(17)6-4-12-22(18)15-10-8-14(9-11-15)20(24)13-21/h3,5,7-11H,2,4,6,12-13H2,1H3. The van der Waals surface area contributed by atoms with Crippen molar-refractivity contribution in [3.8, 4) is 0 Å². The molecule has 0 aliphatic carbocycles. The molecule has 2 aromatic rings. The van der Waals surface area contributed by atoms with Crippen molar-refractivity contribution < 1.29 is 9.59 Å². The van der Waals surface area contributed by atoms with Gasteiger partial charge in [0.1, 0.15) is 0 Å². The Labute approximate surface area is 150 Å². The molecule has 0 saturated heterocycles. The minimum atomic E-state index is 0.0800. The van der Waals surface area contributed by atoms with E-state index >= 15 is 0 Å². The van der Waals surface area contributed by atoms with Crippen molar-refractivity contribution >= 4 is 38.9 Å². The number of alkyl halides is 1. The first-order valence-corrected chi connectivity index (χ1v) is 9.39. The monoisotopic (exact) mass is 385 g/mol. The number of ketones is 2. The number of Topliss-reactive ketones (excluding diaryl/α,β-unsaturated/α-hetero) is 2. The second-order valence-corrected chi connectivity index (χ2v) is 6.50. The van der Waals surface area contributed by atoms with E-state index in [4.69, 9.17) is 0 Å². The van der Waals surface area contributed by atoms with Gasteiger partial charge < -0.3 is 4.90 Å². The SMILES string of the molecule is CCC(=O)c1cccc2c1CCCN2c1ccc(C(=O)CBr)cc1. The highest BCUT2D eigenvalue weighted by atomic mass is 79.9. The molecule has 0 spiro atoms. The van der Waals surface area contributed by atoms with Crippen molar-refractivity contribution in [3.05, 3.63) is 59.2 Å². The molecule has 0 saturated carbocycles. The Bertz CT molecular complexity index is 768. The molecule has 1 heterocycles. The summed E-state index contributed by atoms with van der Waals surface area (Å²) in [6.45, 7) is 2.82. The third-order valence-electron chi connectivity index (χ3n) is 4.49. The van der Waals surface area contributed by atoms with Crippen molar-refractivity contribution in [1.82, 2.24) is 0 Å². The molecule has 0 unspecified atom stereocenters. The summed E-state index contributed by atoms with van der Waals surface area (Å²) in [5, 5.41) is 0.335. The number of halogens is 1. The number of anilines is 2. The number of nitrogens with zero attached hydrogens (tertiary/aromatic N) is 1. The Morgan fingerprint density at radius 1 is 1.08 bits per heavy atom. The average Bonchev–Trinajstić information content (AvgIpc) is 2.66. The lowest BCUT2D eigenvalue weighted by molar-refractivity contribution is 0.0985. The number of hydrogen-bond acceptors (Lipinski definition) is 3. The van der Waals surface area contributed by atoms with Gasteiger partial charge in [-0.05, 0) is 48.7 Å². The largest absolute Gasteiger partial charge is 0.341 e. The Morgan fingerprint density at radius 3 is 2.50 bits per heavy atom.